The van der Waals surface area contributed by atoms with E-state index in [1.165, 1.54) is 63.5 Å². The van der Waals surface area contributed by atoms with Gasteiger partial charge in [0, 0.05) is 0 Å². The standard InChI is InChI=1S/C17H28O3S.Na/c1-2-3-4-5-6-7-8-9-10-12-16-13-11-14-17(15-16)21(18,19)20;/h11,13-15H,2-10,12H2,1H3,(H,18,19,20);/q;+1/p-1. The van der Waals surface area contributed by atoms with Gasteiger partial charge in [0.2, 0.25) is 0 Å². The van der Waals surface area contributed by atoms with Crippen LogP contribution >= 0.6 is 0 Å². The molecule has 22 heavy (non-hydrogen) atoms. The topological polar surface area (TPSA) is 57.2 Å². The molecule has 0 N–H and O–H groups in total. The molecule has 0 saturated carbocycles. The summed E-state index contributed by atoms with van der Waals surface area (Å²) in [6.07, 6.45) is 12.3. The summed E-state index contributed by atoms with van der Waals surface area (Å²) in [5, 5.41) is 0. The van der Waals surface area contributed by atoms with Gasteiger partial charge in [-0.2, -0.15) is 0 Å². The molecule has 0 amide bonds. The molecule has 1 rings (SSSR count). The third-order valence-corrected chi connectivity index (χ3v) is 4.59. The zero-order valence-corrected chi connectivity index (χ0v) is 16.8. The van der Waals surface area contributed by atoms with E-state index >= 15 is 0 Å². The Morgan fingerprint density at radius 1 is 0.909 bits per heavy atom. The van der Waals surface area contributed by atoms with Gasteiger partial charge < -0.3 is 4.55 Å². The van der Waals surface area contributed by atoms with E-state index in [9.17, 15) is 13.0 Å². The molecular weight excluding hydrogens is 307 g/mol. The number of hydrogen-bond donors (Lipinski definition) is 0. The molecule has 0 aliphatic carbocycles. The second-order valence-electron chi connectivity index (χ2n) is 5.68. The fourth-order valence-electron chi connectivity index (χ4n) is 2.50. The summed E-state index contributed by atoms with van der Waals surface area (Å²) in [5.74, 6) is 0. The van der Waals surface area contributed by atoms with Crippen molar-refractivity contribution < 1.29 is 42.5 Å². The summed E-state index contributed by atoms with van der Waals surface area (Å²) in [5.41, 5.74) is 0.940. The van der Waals surface area contributed by atoms with E-state index in [2.05, 4.69) is 6.92 Å². The van der Waals surface area contributed by atoms with E-state index in [0.29, 0.717) is 0 Å². The van der Waals surface area contributed by atoms with Gasteiger partial charge in [-0.25, -0.2) is 8.42 Å². The van der Waals surface area contributed by atoms with Crippen molar-refractivity contribution in [3.8, 4) is 0 Å². The minimum absolute atomic E-state index is 0. The molecule has 1 aromatic carbocycles. The van der Waals surface area contributed by atoms with Crippen LogP contribution in [0.4, 0.5) is 0 Å². The molecule has 3 nitrogen and oxygen atoms in total. The molecule has 0 atom stereocenters. The Hall–Kier alpha value is 0.130. The average molecular weight is 334 g/mol. The summed E-state index contributed by atoms with van der Waals surface area (Å²) < 4.78 is 32.9. The fourth-order valence-corrected chi connectivity index (χ4v) is 3.04. The molecule has 0 aromatic heterocycles. The fraction of sp³-hybridized carbons (Fsp3) is 0.647. The quantitative estimate of drug-likeness (QED) is 0.351. The van der Waals surface area contributed by atoms with Crippen LogP contribution in [-0.2, 0) is 16.5 Å². The monoisotopic (exact) mass is 334 g/mol. The van der Waals surface area contributed by atoms with Crippen molar-refractivity contribution in [3.63, 3.8) is 0 Å². The molecule has 0 aliphatic rings. The SMILES string of the molecule is CCCCCCCCCCCc1cccc(S(=O)(=O)[O-])c1.[Na+]. The summed E-state index contributed by atoms with van der Waals surface area (Å²) in [4.78, 5) is -0.115. The Bertz CT molecular complexity index is 500. The zero-order valence-electron chi connectivity index (χ0n) is 14.0. The number of aryl methyl sites for hydroxylation is 1. The maximum Gasteiger partial charge on any atom is 1.00 e. The van der Waals surface area contributed by atoms with Crippen LogP contribution in [0.1, 0.15) is 70.3 Å². The minimum Gasteiger partial charge on any atom is -0.744 e. The second-order valence-corrected chi connectivity index (χ2v) is 7.06. The summed E-state index contributed by atoms with van der Waals surface area (Å²) in [7, 11) is -4.33. The third-order valence-electron chi connectivity index (χ3n) is 3.76. The van der Waals surface area contributed by atoms with Crippen LogP contribution in [0.5, 0.6) is 0 Å². The van der Waals surface area contributed by atoms with Crippen molar-refractivity contribution in [2.75, 3.05) is 0 Å². The summed E-state index contributed by atoms with van der Waals surface area (Å²) in [6, 6.07) is 6.41. The molecule has 0 heterocycles. The normalized spacial score (nSPS) is 11.2. The van der Waals surface area contributed by atoms with Crippen LogP contribution in [-0.4, -0.2) is 13.0 Å². The van der Waals surface area contributed by atoms with Gasteiger partial charge in [0.1, 0.15) is 10.1 Å². The minimum atomic E-state index is -4.33. The Labute approximate surface area is 157 Å². The first kappa shape index (κ1) is 22.1. The Kier molecular flexibility index (Phi) is 12.6. The van der Waals surface area contributed by atoms with Gasteiger partial charge in [0.15, 0.2) is 0 Å². The van der Waals surface area contributed by atoms with Crippen molar-refractivity contribution in [1.29, 1.82) is 0 Å². The van der Waals surface area contributed by atoms with Crippen LogP contribution in [0.2, 0.25) is 0 Å². The van der Waals surface area contributed by atoms with Gasteiger partial charge in [-0.05, 0) is 30.5 Å². The van der Waals surface area contributed by atoms with Crippen LogP contribution in [0.15, 0.2) is 29.2 Å². The van der Waals surface area contributed by atoms with E-state index in [-0.39, 0.29) is 34.5 Å². The number of unbranched alkanes of at least 4 members (excludes halogenated alkanes) is 8. The molecule has 1 aromatic rings. The molecule has 5 heteroatoms. The predicted octanol–water partition coefficient (Wildman–Crippen LogP) is 1.67. The largest absolute Gasteiger partial charge is 1.00 e. The van der Waals surface area contributed by atoms with Crippen molar-refractivity contribution in [2.45, 2.75) is 76.0 Å². The number of benzene rings is 1. The third kappa shape index (κ3) is 10.0. The first-order valence-electron chi connectivity index (χ1n) is 8.09. The van der Waals surface area contributed by atoms with E-state index < -0.39 is 10.1 Å². The molecular formula is C17H27NaO3S. The van der Waals surface area contributed by atoms with Crippen LogP contribution in [0, 0.1) is 0 Å². The molecule has 0 saturated heterocycles. The second kappa shape index (κ2) is 12.5. The molecule has 0 radical (unpaired) electrons. The van der Waals surface area contributed by atoms with E-state index in [1.807, 2.05) is 6.07 Å². The van der Waals surface area contributed by atoms with Gasteiger partial charge in [0.05, 0.1) is 4.90 Å². The van der Waals surface area contributed by atoms with Crippen molar-refractivity contribution >= 4 is 10.1 Å². The summed E-state index contributed by atoms with van der Waals surface area (Å²) in [6.45, 7) is 2.23. The van der Waals surface area contributed by atoms with E-state index in [0.717, 1.165) is 18.4 Å². The molecule has 120 valence electrons. The molecule has 0 spiro atoms. The van der Waals surface area contributed by atoms with Crippen molar-refractivity contribution in [3.05, 3.63) is 29.8 Å². The Morgan fingerprint density at radius 2 is 1.45 bits per heavy atom. The van der Waals surface area contributed by atoms with Gasteiger partial charge in [0.25, 0.3) is 0 Å². The predicted molar refractivity (Wildman–Crippen MR) is 85.3 cm³/mol. The average Bonchev–Trinajstić information content (AvgIpc) is 2.45. The van der Waals surface area contributed by atoms with Crippen molar-refractivity contribution in [1.82, 2.24) is 0 Å². The Balaban J connectivity index is 0.00000441. The molecule has 0 fully saturated rings. The summed E-state index contributed by atoms with van der Waals surface area (Å²) >= 11 is 0. The first-order valence-corrected chi connectivity index (χ1v) is 9.49. The molecule has 0 bridgehead atoms. The van der Waals surface area contributed by atoms with Crippen LogP contribution < -0.4 is 29.6 Å². The smallest absolute Gasteiger partial charge is 0.744 e. The zero-order chi connectivity index (χ0) is 15.6. The van der Waals surface area contributed by atoms with Gasteiger partial charge >= 0.3 is 29.6 Å². The van der Waals surface area contributed by atoms with E-state index in [4.69, 9.17) is 0 Å². The van der Waals surface area contributed by atoms with Crippen molar-refractivity contribution in [2.24, 2.45) is 0 Å². The van der Waals surface area contributed by atoms with Gasteiger partial charge in [-0.3, -0.25) is 0 Å². The molecule has 0 unspecified atom stereocenters. The molecule has 0 aliphatic heterocycles. The number of hydrogen-bond acceptors (Lipinski definition) is 3. The maximum absolute atomic E-state index is 11.0. The Morgan fingerprint density at radius 3 is 2.00 bits per heavy atom. The van der Waals surface area contributed by atoms with Crippen LogP contribution in [0.3, 0.4) is 0 Å². The van der Waals surface area contributed by atoms with Crippen LogP contribution in [0.25, 0.3) is 0 Å². The van der Waals surface area contributed by atoms with Gasteiger partial charge in [-0.15, -0.1) is 0 Å². The van der Waals surface area contributed by atoms with Gasteiger partial charge in [-0.1, -0.05) is 70.4 Å². The first-order chi connectivity index (χ1) is 10.0. The number of rotatable bonds is 11. The van der Waals surface area contributed by atoms with E-state index in [1.54, 1.807) is 6.07 Å². The maximum atomic E-state index is 11.0.